The predicted molar refractivity (Wildman–Crippen MR) is 51.9 cm³/mol. The highest BCUT2D eigenvalue weighted by atomic mass is 79.9. The molecule has 0 spiro atoms. The molecule has 1 aromatic heterocycles. The lowest BCUT2D eigenvalue weighted by molar-refractivity contribution is 0.255. The molecule has 0 amide bonds. The van der Waals surface area contributed by atoms with E-state index in [0.717, 1.165) is 16.8 Å². The van der Waals surface area contributed by atoms with Crippen molar-refractivity contribution in [1.29, 1.82) is 0 Å². The fraction of sp³-hybridized carbons (Fsp3) is 0.444. The van der Waals surface area contributed by atoms with E-state index in [1.54, 1.807) is 0 Å². The van der Waals surface area contributed by atoms with Gasteiger partial charge in [0, 0.05) is 10.5 Å². The van der Waals surface area contributed by atoms with Gasteiger partial charge in [0.05, 0.1) is 12.3 Å². The highest BCUT2D eigenvalue weighted by Crippen LogP contribution is 2.18. The molecule has 4 heteroatoms. The van der Waals surface area contributed by atoms with E-state index in [1.807, 2.05) is 19.1 Å². The molecule has 1 atom stereocenters. The molecule has 0 saturated carbocycles. The molecule has 0 bridgehead atoms. The zero-order valence-electron chi connectivity index (χ0n) is 7.29. The second-order valence-corrected chi connectivity index (χ2v) is 3.84. The zero-order chi connectivity index (χ0) is 9.26. The molecule has 0 N–H and O–H groups in total. The van der Waals surface area contributed by atoms with Crippen LogP contribution in [0, 0.1) is 6.92 Å². The van der Waals surface area contributed by atoms with Gasteiger partial charge in [-0.2, -0.15) is 0 Å². The lowest BCUT2D eigenvalue weighted by Crippen LogP contribution is -2.05. The van der Waals surface area contributed by atoms with Crippen LogP contribution in [-0.2, 0) is 4.74 Å². The number of hydrogen-bond acceptors (Lipinski definition) is 3. The highest BCUT2D eigenvalue weighted by molar-refractivity contribution is 9.10. The van der Waals surface area contributed by atoms with Crippen molar-refractivity contribution in [2.24, 2.45) is 0 Å². The number of hydrogen-bond donors (Lipinski definition) is 0. The van der Waals surface area contributed by atoms with Gasteiger partial charge in [0.2, 0.25) is 5.88 Å². The Morgan fingerprint density at radius 1 is 1.69 bits per heavy atom. The molecule has 0 unspecified atom stereocenters. The Bertz CT molecular complexity index is 312. The van der Waals surface area contributed by atoms with Gasteiger partial charge in [-0.25, -0.2) is 4.98 Å². The Labute approximate surface area is 85.2 Å². The van der Waals surface area contributed by atoms with Crippen LogP contribution in [0.3, 0.4) is 0 Å². The first kappa shape index (κ1) is 8.97. The molecular weight excluding hydrogens is 234 g/mol. The lowest BCUT2D eigenvalue weighted by atomic mass is 10.4. The number of epoxide rings is 1. The summed E-state index contributed by atoms with van der Waals surface area (Å²) in [5, 5.41) is 0. The summed E-state index contributed by atoms with van der Waals surface area (Å²) in [6.45, 7) is 3.36. The van der Waals surface area contributed by atoms with E-state index >= 15 is 0 Å². The van der Waals surface area contributed by atoms with Crippen LogP contribution < -0.4 is 4.74 Å². The minimum absolute atomic E-state index is 0.283. The SMILES string of the molecule is Cc1nc(OC[C@H]2CO2)ccc1Br. The molecule has 70 valence electrons. The fourth-order valence-electron chi connectivity index (χ4n) is 0.944. The standard InChI is InChI=1S/C9H10BrNO2/c1-6-8(10)2-3-9(11-6)13-5-7-4-12-7/h2-3,7H,4-5H2,1H3/t7-/m1/s1. The van der Waals surface area contributed by atoms with Crippen molar-refractivity contribution in [2.75, 3.05) is 13.2 Å². The van der Waals surface area contributed by atoms with Crippen molar-refractivity contribution in [2.45, 2.75) is 13.0 Å². The zero-order valence-corrected chi connectivity index (χ0v) is 8.87. The van der Waals surface area contributed by atoms with Crippen molar-refractivity contribution < 1.29 is 9.47 Å². The average Bonchev–Trinajstić information content (AvgIpc) is 2.91. The van der Waals surface area contributed by atoms with Crippen molar-refractivity contribution in [3.8, 4) is 5.88 Å². The number of pyridine rings is 1. The van der Waals surface area contributed by atoms with E-state index in [4.69, 9.17) is 9.47 Å². The molecule has 1 fully saturated rings. The molecule has 3 nitrogen and oxygen atoms in total. The third kappa shape index (κ3) is 2.42. The summed E-state index contributed by atoms with van der Waals surface area (Å²) in [5.74, 6) is 0.663. The molecule has 13 heavy (non-hydrogen) atoms. The van der Waals surface area contributed by atoms with Gasteiger partial charge in [0.1, 0.15) is 12.7 Å². The molecule has 0 radical (unpaired) electrons. The number of halogens is 1. The Hall–Kier alpha value is -0.610. The first-order valence-corrected chi connectivity index (χ1v) is 4.92. The molecule has 1 saturated heterocycles. The normalized spacial score (nSPS) is 20.0. The van der Waals surface area contributed by atoms with Crippen LogP contribution in [0.15, 0.2) is 16.6 Å². The summed E-state index contributed by atoms with van der Waals surface area (Å²) >= 11 is 3.38. The van der Waals surface area contributed by atoms with Gasteiger partial charge in [0.15, 0.2) is 0 Å². The van der Waals surface area contributed by atoms with Crippen molar-refractivity contribution >= 4 is 15.9 Å². The number of rotatable bonds is 3. The molecular formula is C9H10BrNO2. The summed E-state index contributed by atoms with van der Waals surface area (Å²) < 4.78 is 11.4. The largest absolute Gasteiger partial charge is 0.475 e. The van der Waals surface area contributed by atoms with Crippen molar-refractivity contribution in [1.82, 2.24) is 4.98 Å². The van der Waals surface area contributed by atoms with E-state index in [-0.39, 0.29) is 6.10 Å². The monoisotopic (exact) mass is 243 g/mol. The lowest BCUT2D eigenvalue weighted by Gasteiger charge is -2.04. The minimum Gasteiger partial charge on any atom is -0.475 e. The molecule has 1 aliphatic rings. The smallest absolute Gasteiger partial charge is 0.213 e. The van der Waals surface area contributed by atoms with Gasteiger partial charge in [-0.15, -0.1) is 0 Å². The summed E-state index contributed by atoms with van der Waals surface area (Å²) in [4.78, 5) is 4.25. The first-order valence-electron chi connectivity index (χ1n) is 4.13. The summed E-state index contributed by atoms with van der Waals surface area (Å²) in [6, 6.07) is 3.78. The quantitative estimate of drug-likeness (QED) is 0.762. The van der Waals surface area contributed by atoms with Crippen LogP contribution >= 0.6 is 15.9 Å². The molecule has 2 heterocycles. The number of aromatic nitrogens is 1. The van der Waals surface area contributed by atoms with E-state index in [0.29, 0.717) is 12.5 Å². The van der Waals surface area contributed by atoms with E-state index in [2.05, 4.69) is 20.9 Å². The second kappa shape index (κ2) is 3.64. The topological polar surface area (TPSA) is 34.6 Å². The molecule has 0 aliphatic carbocycles. The first-order chi connectivity index (χ1) is 6.25. The summed E-state index contributed by atoms with van der Waals surface area (Å²) in [5.41, 5.74) is 0.939. The third-order valence-electron chi connectivity index (χ3n) is 1.82. The van der Waals surface area contributed by atoms with E-state index in [9.17, 15) is 0 Å². The van der Waals surface area contributed by atoms with Gasteiger partial charge >= 0.3 is 0 Å². The maximum absolute atomic E-state index is 5.41. The Kier molecular flexibility index (Phi) is 2.51. The average molecular weight is 244 g/mol. The summed E-state index contributed by atoms with van der Waals surface area (Å²) in [6.07, 6.45) is 0.283. The summed E-state index contributed by atoms with van der Waals surface area (Å²) in [7, 11) is 0. The van der Waals surface area contributed by atoms with Gasteiger partial charge in [-0.05, 0) is 28.9 Å². The Morgan fingerprint density at radius 3 is 3.08 bits per heavy atom. The van der Waals surface area contributed by atoms with Crippen LogP contribution in [0.2, 0.25) is 0 Å². The maximum atomic E-state index is 5.41. The minimum atomic E-state index is 0.283. The molecule has 1 aromatic rings. The number of nitrogens with zero attached hydrogens (tertiary/aromatic N) is 1. The molecule has 2 rings (SSSR count). The van der Waals surface area contributed by atoms with Crippen molar-refractivity contribution in [3.05, 3.63) is 22.3 Å². The number of ether oxygens (including phenoxy) is 2. The van der Waals surface area contributed by atoms with Crippen molar-refractivity contribution in [3.63, 3.8) is 0 Å². The Morgan fingerprint density at radius 2 is 2.46 bits per heavy atom. The van der Waals surface area contributed by atoms with Crippen LogP contribution in [0.4, 0.5) is 0 Å². The second-order valence-electron chi connectivity index (χ2n) is 2.98. The van der Waals surface area contributed by atoms with Crippen LogP contribution in [-0.4, -0.2) is 24.3 Å². The third-order valence-corrected chi connectivity index (χ3v) is 2.65. The molecule has 0 aromatic carbocycles. The predicted octanol–water partition coefficient (Wildman–Crippen LogP) is 1.93. The fourth-order valence-corrected chi connectivity index (χ4v) is 1.16. The molecule has 1 aliphatic heterocycles. The maximum Gasteiger partial charge on any atom is 0.213 e. The van der Waals surface area contributed by atoms with Gasteiger partial charge < -0.3 is 9.47 Å². The van der Waals surface area contributed by atoms with Gasteiger partial charge in [-0.3, -0.25) is 0 Å². The van der Waals surface area contributed by atoms with Crippen LogP contribution in [0.1, 0.15) is 5.69 Å². The van der Waals surface area contributed by atoms with Gasteiger partial charge in [-0.1, -0.05) is 0 Å². The van der Waals surface area contributed by atoms with Crippen LogP contribution in [0.25, 0.3) is 0 Å². The van der Waals surface area contributed by atoms with Gasteiger partial charge in [0.25, 0.3) is 0 Å². The van der Waals surface area contributed by atoms with E-state index in [1.165, 1.54) is 0 Å². The highest BCUT2D eigenvalue weighted by Gasteiger charge is 2.23. The Balaban J connectivity index is 1.98. The van der Waals surface area contributed by atoms with E-state index < -0.39 is 0 Å². The number of aryl methyl sites for hydroxylation is 1. The van der Waals surface area contributed by atoms with Crippen LogP contribution in [0.5, 0.6) is 5.88 Å².